The standard InChI is InChI=1S/C32H46N4O3/c1-3-4-13-28-32(39-31(38)36(28)23-25-10-6-5-7-11-25)16-20-34(21-17-32)27-14-18-35(19-15-27)30(37)29-24(2)9-8-12-26(29)22-33/h8-9,12,25,27-28H,3-7,10-11,13-21,23H2,1-2H3. The van der Waals surface area contributed by atoms with Gasteiger partial charge in [0.05, 0.1) is 23.2 Å². The number of carbonyl (C=O) groups is 2. The molecule has 1 aromatic carbocycles. The monoisotopic (exact) mass is 534 g/mol. The van der Waals surface area contributed by atoms with Gasteiger partial charge in [0.2, 0.25) is 0 Å². The van der Waals surface area contributed by atoms with Crippen molar-refractivity contribution in [2.24, 2.45) is 5.92 Å². The number of piperidine rings is 2. The summed E-state index contributed by atoms with van der Waals surface area (Å²) in [7, 11) is 0. The van der Waals surface area contributed by atoms with E-state index in [0.29, 0.717) is 36.2 Å². The molecule has 1 aromatic rings. The Morgan fingerprint density at radius 1 is 1.08 bits per heavy atom. The number of likely N-dealkylation sites (tertiary alicyclic amines) is 2. The highest BCUT2D eigenvalue weighted by molar-refractivity contribution is 5.98. The number of hydrogen-bond donors (Lipinski definition) is 0. The average Bonchev–Trinajstić information content (AvgIpc) is 3.21. The van der Waals surface area contributed by atoms with Crippen molar-refractivity contribution in [2.75, 3.05) is 32.7 Å². The fourth-order valence-corrected chi connectivity index (χ4v) is 7.72. The summed E-state index contributed by atoms with van der Waals surface area (Å²) in [5.74, 6) is 0.609. The van der Waals surface area contributed by atoms with Crippen LogP contribution in [0.15, 0.2) is 18.2 Å². The summed E-state index contributed by atoms with van der Waals surface area (Å²) in [5.41, 5.74) is 1.54. The van der Waals surface area contributed by atoms with Crippen LogP contribution in [-0.4, -0.2) is 77.1 Å². The molecule has 1 aliphatic carbocycles. The molecule has 39 heavy (non-hydrogen) atoms. The zero-order valence-corrected chi connectivity index (χ0v) is 24.0. The largest absolute Gasteiger partial charge is 0.440 e. The van der Waals surface area contributed by atoms with Crippen molar-refractivity contribution in [3.63, 3.8) is 0 Å². The Morgan fingerprint density at radius 3 is 2.46 bits per heavy atom. The van der Waals surface area contributed by atoms with Crippen molar-refractivity contribution in [3.05, 3.63) is 34.9 Å². The molecule has 4 fully saturated rings. The number of amides is 2. The lowest BCUT2D eigenvalue weighted by Crippen LogP contribution is -2.56. The maximum absolute atomic E-state index is 13.3. The molecule has 212 valence electrons. The van der Waals surface area contributed by atoms with Crippen molar-refractivity contribution < 1.29 is 14.3 Å². The lowest BCUT2D eigenvalue weighted by Gasteiger charge is -2.46. The van der Waals surface area contributed by atoms with E-state index in [1.165, 1.54) is 32.1 Å². The van der Waals surface area contributed by atoms with Gasteiger partial charge in [-0.15, -0.1) is 0 Å². The van der Waals surface area contributed by atoms with Crippen LogP contribution in [0.4, 0.5) is 4.79 Å². The summed E-state index contributed by atoms with van der Waals surface area (Å²) in [6.45, 7) is 8.34. The molecular weight excluding hydrogens is 488 g/mol. The summed E-state index contributed by atoms with van der Waals surface area (Å²) in [4.78, 5) is 33.1. The summed E-state index contributed by atoms with van der Waals surface area (Å²) in [5, 5.41) is 9.51. The van der Waals surface area contributed by atoms with Gasteiger partial charge in [0, 0.05) is 51.6 Å². The Morgan fingerprint density at radius 2 is 1.79 bits per heavy atom. The van der Waals surface area contributed by atoms with E-state index in [1.54, 1.807) is 6.07 Å². The summed E-state index contributed by atoms with van der Waals surface area (Å²) < 4.78 is 6.30. The molecule has 5 rings (SSSR count). The second-order valence-corrected chi connectivity index (χ2v) is 12.4. The molecule has 3 saturated heterocycles. The van der Waals surface area contributed by atoms with E-state index in [0.717, 1.165) is 70.1 Å². The average molecular weight is 535 g/mol. The molecule has 3 aliphatic heterocycles. The van der Waals surface area contributed by atoms with Crippen LogP contribution in [0.1, 0.15) is 105 Å². The van der Waals surface area contributed by atoms with Crippen molar-refractivity contribution >= 4 is 12.0 Å². The third-order valence-electron chi connectivity index (χ3n) is 10.0. The molecule has 0 radical (unpaired) electrons. The van der Waals surface area contributed by atoms with Gasteiger partial charge in [-0.3, -0.25) is 9.69 Å². The van der Waals surface area contributed by atoms with Crippen LogP contribution >= 0.6 is 0 Å². The molecule has 1 saturated carbocycles. The maximum Gasteiger partial charge on any atom is 0.410 e. The Balaban J connectivity index is 1.18. The second kappa shape index (κ2) is 12.3. The molecule has 7 nitrogen and oxygen atoms in total. The van der Waals surface area contributed by atoms with Gasteiger partial charge in [-0.2, -0.15) is 5.26 Å². The predicted molar refractivity (Wildman–Crippen MR) is 151 cm³/mol. The highest BCUT2D eigenvalue weighted by Gasteiger charge is 2.55. The molecule has 7 heteroatoms. The van der Waals surface area contributed by atoms with E-state index < -0.39 is 0 Å². The van der Waals surface area contributed by atoms with Gasteiger partial charge in [-0.1, -0.05) is 51.2 Å². The Kier molecular flexibility index (Phi) is 8.81. The summed E-state index contributed by atoms with van der Waals surface area (Å²) in [6.07, 6.45) is 13.3. The number of nitriles is 1. The highest BCUT2D eigenvalue weighted by atomic mass is 16.6. The number of aryl methyl sites for hydroxylation is 1. The first kappa shape index (κ1) is 28.0. The van der Waals surface area contributed by atoms with Crippen LogP contribution in [0.25, 0.3) is 0 Å². The van der Waals surface area contributed by atoms with Crippen LogP contribution in [0, 0.1) is 24.2 Å². The molecule has 2 amide bonds. The molecule has 0 N–H and O–H groups in total. The van der Waals surface area contributed by atoms with Gasteiger partial charge in [0.15, 0.2) is 0 Å². The molecule has 0 bridgehead atoms. The molecule has 1 atom stereocenters. The van der Waals surface area contributed by atoms with Crippen molar-refractivity contribution in [3.8, 4) is 6.07 Å². The van der Waals surface area contributed by atoms with Crippen molar-refractivity contribution in [1.82, 2.24) is 14.7 Å². The minimum Gasteiger partial charge on any atom is -0.440 e. The first-order valence-electron chi connectivity index (χ1n) is 15.5. The van der Waals surface area contributed by atoms with Crippen LogP contribution in [-0.2, 0) is 4.74 Å². The maximum atomic E-state index is 13.3. The first-order chi connectivity index (χ1) is 19.0. The number of ether oxygens (including phenoxy) is 1. The number of carbonyl (C=O) groups excluding carboxylic acids is 2. The number of hydrogen-bond acceptors (Lipinski definition) is 5. The fraction of sp³-hybridized carbons (Fsp3) is 0.719. The zero-order chi connectivity index (χ0) is 27.4. The lowest BCUT2D eigenvalue weighted by atomic mass is 9.80. The molecule has 1 spiro atoms. The van der Waals surface area contributed by atoms with Crippen LogP contribution in [0.5, 0.6) is 0 Å². The molecule has 1 unspecified atom stereocenters. The number of unbranched alkanes of at least 4 members (excludes halogenated alkanes) is 1. The number of benzene rings is 1. The predicted octanol–water partition coefficient (Wildman–Crippen LogP) is 5.90. The van der Waals surface area contributed by atoms with E-state index in [-0.39, 0.29) is 23.6 Å². The summed E-state index contributed by atoms with van der Waals surface area (Å²) in [6, 6.07) is 8.32. The third-order valence-corrected chi connectivity index (χ3v) is 10.0. The van der Waals surface area contributed by atoms with Gasteiger partial charge in [0.1, 0.15) is 5.60 Å². The van der Waals surface area contributed by atoms with Crippen molar-refractivity contribution in [1.29, 1.82) is 5.26 Å². The minimum atomic E-state index is -0.341. The zero-order valence-electron chi connectivity index (χ0n) is 24.0. The second-order valence-electron chi connectivity index (χ2n) is 12.4. The Hall–Kier alpha value is -2.59. The van der Waals surface area contributed by atoms with E-state index >= 15 is 0 Å². The summed E-state index contributed by atoms with van der Waals surface area (Å²) >= 11 is 0. The molecule has 0 aromatic heterocycles. The van der Waals surface area contributed by atoms with Crippen LogP contribution in [0.2, 0.25) is 0 Å². The molecular formula is C32H46N4O3. The SMILES string of the molecule is CCCCC1N(CC2CCCCC2)C(=O)OC12CCN(C1CCN(C(=O)c3c(C)cccc3C#N)CC1)CC2. The minimum absolute atomic E-state index is 0.0182. The molecule has 3 heterocycles. The van der Waals surface area contributed by atoms with Gasteiger partial charge in [-0.05, 0) is 56.6 Å². The Bertz CT molecular complexity index is 1060. The fourth-order valence-electron chi connectivity index (χ4n) is 7.72. The first-order valence-corrected chi connectivity index (χ1v) is 15.5. The van der Waals surface area contributed by atoms with E-state index in [1.807, 2.05) is 24.0 Å². The third kappa shape index (κ3) is 5.82. The lowest BCUT2D eigenvalue weighted by molar-refractivity contribution is -0.0385. The van der Waals surface area contributed by atoms with Gasteiger partial charge >= 0.3 is 6.09 Å². The van der Waals surface area contributed by atoms with E-state index in [9.17, 15) is 14.9 Å². The smallest absolute Gasteiger partial charge is 0.410 e. The highest BCUT2D eigenvalue weighted by Crippen LogP contribution is 2.43. The number of rotatable bonds is 7. The van der Waals surface area contributed by atoms with E-state index in [2.05, 4.69) is 22.8 Å². The Labute approximate surface area is 234 Å². The van der Waals surface area contributed by atoms with E-state index in [4.69, 9.17) is 4.74 Å². The van der Waals surface area contributed by atoms with Gasteiger partial charge < -0.3 is 14.5 Å². The number of nitrogens with zero attached hydrogens (tertiary/aromatic N) is 4. The van der Waals surface area contributed by atoms with Gasteiger partial charge in [0.25, 0.3) is 5.91 Å². The van der Waals surface area contributed by atoms with Gasteiger partial charge in [-0.25, -0.2) is 4.79 Å². The van der Waals surface area contributed by atoms with Crippen LogP contribution in [0.3, 0.4) is 0 Å². The quantitative estimate of drug-likeness (QED) is 0.435. The topological polar surface area (TPSA) is 76.9 Å². The van der Waals surface area contributed by atoms with Crippen LogP contribution < -0.4 is 0 Å². The normalized spacial score (nSPS) is 24.6. The van der Waals surface area contributed by atoms with Crippen molar-refractivity contribution in [2.45, 2.75) is 109 Å². The molecule has 4 aliphatic rings.